The number of halogens is 4. The Morgan fingerprint density at radius 3 is 2.13 bits per heavy atom. The van der Waals surface area contributed by atoms with Crippen molar-refractivity contribution in [1.29, 1.82) is 0 Å². The van der Waals surface area contributed by atoms with Crippen LogP contribution in [0.5, 0.6) is 0 Å². The summed E-state index contributed by atoms with van der Waals surface area (Å²) in [5.74, 6) is -3.73. The summed E-state index contributed by atoms with van der Waals surface area (Å²) in [5, 5.41) is 6.15. The Bertz CT molecular complexity index is 491. The van der Waals surface area contributed by atoms with E-state index in [-0.39, 0.29) is 5.35 Å². The van der Waals surface area contributed by atoms with Gasteiger partial charge in [-0.25, -0.2) is 13.2 Å². The van der Waals surface area contributed by atoms with Gasteiger partial charge in [0, 0.05) is 12.1 Å². The van der Waals surface area contributed by atoms with Crippen molar-refractivity contribution in [2.75, 3.05) is 0 Å². The van der Waals surface area contributed by atoms with Crippen LogP contribution in [-0.4, -0.2) is 10.2 Å². The van der Waals surface area contributed by atoms with Crippen molar-refractivity contribution >= 4 is 11.6 Å². The third kappa shape index (κ3) is 1.80. The number of aromatic nitrogens is 2. The highest BCUT2D eigenvalue weighted by Crippen LogP contribution is 2.26. The Morgan fingerprint density at radius 1 is 1.07 bits per heavy atom. The topological polar surface area (TPSA) is 38.9 Å². The van der Waals surface area contributed by atoms with Crippen molar-refractivity contribution in [1.82, 2.24) is 10.2 Å². The van der Waals surface area contributed by atoms with Crippen molar-refractivity contribution in [3.8, 4) is 11.5 Å². The lowest BCUT2D eigenvalue weighted by Gasteiger charge is -1.99. The summed E-state index contributed by atoms with van der Waals surface area (Å²) < 4.78 is 43.5. The van der Waals surface area contributed by atoms with E-state index < -0.39 is 28.9 Å². The fraction of sp³-hybridized carbons (Fsp3) is 0. The molecule has 0 bridgehead atoms. The molecule has 0 spiro atoms. The van der Waals surface area contributed by atoms with Crippen LogP contribution in [-0.2, 0) is 0 Å². The molecule has 15 heavy (non-hydrogen) atoms. The van der Waals surface area contributed by atoms with E-state index in [1.807, 2.05) is 0 Å². The number of hydrogen-bond donors (Lipinski definition) is 0. The van der Waals surface area contributed by atoms with E-state index in [2.05, 4.69) is 14.6 Å². The third-order valence-corrected chi connectivity index (χ3v) is 1.77. The first-order chi connectivity index (χ1) is 7.08. The van der Waals surface area contributed by atoms with E-state index in [0.717, 1.165) is 0 Å². The highest BCUT2D eigenvalue weighted by atomic mass is 35.5. The molecule has 0 N–H and O–H groups in total. The van der Waals surface area contributed by atoms with Gasteiger partial charge in [0.2, 0.25) is 0 Å². The molecular weight excluding hydrogens is 233 g/mol. The molecule has 0 aliphatic rings. The molecule has 0 unspecified atom stereocenters. The molecule has 1 heterocycles. The van der Waals surface area contributed by atoms with Crippen LogP contribution in [0.1, 0.15) is 0 Å². The Labute approximate surface area is 86.5 Å². The molecule has 0 saturated carbocycles. The summed E-state index contributed by atoms with van der Waals surface area (Å²) in [6.45, 7) is 0. The van der Waals surface area contributed by atoms with Crippen molar-refractivity contribution in [3.63, 3.8) is 0 Å². The Morgan fingerprint density at radius 2 is 1.67 bits per heavy atom. The van der Waals surface area contributed by atoms with Gasteiger partial charge >= 0.3 is 5.35 Å². The minimum atomic E-state index is -1.13. The maximum atomic E-state index is 13.2. The van der Waals surface area contributed by atoms with Gasteiger partial charge in [0.05, 0.1) is 0 Å². The van der Waals surface area contributed by atoms with Crippen LogP contribution in [0.4, 0.5) is 13.2 Å². The largest absolute Gasteiger partial charge is 0.407 e. The first-order valence-corrected chi connectivity index (χ1v) is 4.09. The highest BCUT2D eigenvalue weighted by molar-refractivity contribution is 6.27. The van der Waals surface area contributed by atoms with E-state index in [1.165, 1.54) is 0 Å². The van der Waals surface area contributed by atoms with Crippen LogP contribution in [0.15, 0.2) is 16.5 Å². The third-order valence-electron chi connectivity index (χ3n) is 1.62. The lowest BCUT2D eigenvalue weighted by Crippen LogP contribution is -1.92. The average molecular weight is 235 g/mol. The van der Waals surface area contributed by atoms with Gasteiger partial charge in [-0.15, -0.1) is 5.10 Å². The predicted octanol–water partition coefficient (Wildman–Crippen LogP) is 2.81. The molecule has 0 fully saturated rings. The highest BCUT2D eigenvalue weighted by Gasteiger charge is 2.18. The van der Waals surface area contributed by atoms with Gasteiger partial charge in [-0.05, 0) is 11.6 Å². The number of rotatable bonds is 1. The zero-order chi connectivity index (χ0) is 11.0. The second-order valence-electron chi connectivity index (χ2n) is 2.60. The fourth-order valence-corrected chi connectivity index (χ4v) is 1.16. The predicted molar refractivity (Wildman–Crippen MR) is 44.6 cm³/mol. The molecule has 0 aliphatic carbocycles. The molecule has 0 aliphatic heterocycles. The van der Waals surface area contributed by atoms with E-state index in [1.54, 1.807) is 0 Å². The average Bonchev–Trinajstić information content (AvgIpc) is 2.49. The molecular formula is C8H2ClF3N2O. The van der Waals surface area contributed by atoms with Gasteiger partial charge in [-0.3, -0.25) is 0 Å². The monoisotopic (exact) mass is 234 g/mol. The molecule has 0 amide bonds. The molecule has 3 nitrogen and oxygen atoms in total. The smallest absolute Gasteiger partial charge is 0.313 e. The Kier molecular flexibility index (Phi) is 2.36. The summed E-state index contributed by atoms with van der Waals surface area (Å²) in [7, 11) is 0. The minimum absolute atomic E-state index is 0.354. The quantitative estimate of drug-likeness (QED) is 0.762. The minimum Gasteiger partial charge on any atom is -0.407 e. The zero-order valence-corrected chi connectivity index (χ0v) is 7.73. The lowest BCUT2D eigenvalue weighted by molar-refractivity contribution is 0.524. The maximum Gasteiger partial charge on any atom is 0.313 e. The fourth-order valence-electron chi connectivity index (χ4n) is 1.05. The lowest BCUT2D eigenvalue weighted by atomic mass is 10.2. The summed E-state index contributed by atoms with van der Waals surface area (Å²) in [6, 6.07) is 1.02. The first kappa shape index (κ1) is 9.97. The summed E-state index contributed by atoms with van der Waals surface area (Å²) in [5.41, 5.74) is -0.601. The van der Waals surface area contributed by atoms with Crippen LogP contribution in [0.2, 0.25) is 5.35 Å². The SMILES string of the molecule is Fc1cc(F)c(-c2nnc(Cl)o2)c(F)c1. The maximum absolute atomic E-state index is 13.2. The van der Waals surface area contributed by atoms with E-state index >= 15 is 0 Å². The molecule has 2 rings (SSSR count). The second kappa shape index (κ2) is 3.54. The van der Waals surface area contributed by atoms with Crippen molar-refractivity contribution in [2.45, 2.75) is 0 Å². The Hall–Kier alpha value is -1.56. The van der Waals surface area contributed by atoms with Crippen LogP contribution in [0.25, 0.3) is 11.5 Å². The van der Waals surface area contributed by atoms with Crippen molar-refractivity contribution in [2.24, 2.45) is 0 Å². The van der Waals surface area contributed by atoms with Crippen LogP contribution in [0, 0.1) is 17.5 Å². The first-order valence-electron chi connectivity index (χ1n) is 3.72. The molecule has 0 saturated heterocycles. The van der Waals surface area contributed by atoms with Crippen molar-refractivity contribution < 1.29 is 17.6 Å². The van der Waals surface area contributed by atoms with Gasteiger partial charge in [-0.2, -0.15) is 0 Å². The number of hydrogen-bond acceptors (Lipinski definition) is 3. The van der Waals surface area contributed by atoms with Crippen LogP contribution >= 0.6 is 11.6 Å². The Balaban J connectivity index is 2.62. The zero-order valence-electron chi connectivity index (χ0n) is 6.97. The summed E-state index contributed by atoms with van der Waals surface area (Å²) in [6.07, 6.45) is 0. The molecule has 78 valence electrons. The number of benzene rings is 1. The van der Waals surface area contributed by atoms with E-state index in [4.69, 9.17) is 11.6 Å². The molecule has 0 radical (unpaired) electrons. The molecule has 1 aromatic carbocycles. The molecule has 7 heteroatoms. The number of nitrogens with zero attached hydrogens (tertiary/aromatic N) is 2. The van der Waals surface area contributed by atoms with Gasteiger partial charge in [0.15, 0.2) is 0 Å². The van der Waals surface area contributed by atoms with E-state index in [9.17, 15) is 13.2 Å². The molecule has 2 aromatic rings. The van der Waals surface area contributed by atoms with Gasteiger partial charge in [0.25, 0.3) is 5.89 Å². The molecule has 1 aromatic heterocycles. The summed E-state index contributed by atoms with van der Waals surface area (Å²) in [4.78, 5) is 0. The van der Waals surface area contributed by atoms with Gasteiger partial charge in [0.1, 0.15) is 23.0 Å². The summed E-state index contributed by atoms with van der Waals surface area (Å²) >= 11 is 5.29. The van der Waals surface area contributed by atoms with Crippen molar-refractivity contribution in [3.05, 3.63) is 34.9 Å². The van der Waals surface area contributed by atoms with Crippen LogP contribution in [0.3, 0.4) is 0 Å². The van der Waals surface area contributed by atoms with Gasteiger partial charge < -0.3 is 4.42 Å². The second-order valence-corrected chi connectivity index (χ2v) is 2.93. The molecule has 0 atom stereocenters. The standard InChI is InChI=1S/C8H2ClF3N2O/c9-8-14-13-7(15-8)6-4(11)1-3(10)2-5(6)12/h1-2H. The van der Waals surface area contributed by atoms with Gasteiger partial charge in [-0.1, -0.05) is 5.10 Å². The normalized spacial score (nSPS) is 10.7. The van der Waals surface area contributed by atoms with E-state index in [0.29, 0.717) is 12.1 Å². The van der Waals surface area contributed by atoms with Crippen LogP contribution < -0.4 is 0 Å².